The molecule has 4 rings (SSSR count). The van der Waals surface area contributed by atoms with Crippen LogP contribution < -0.4 is 0 Å². The van der Waals surface area contributed by atoms with Gasteiger partial charge in [-0.05, 0) is 43.6 Å². The lowest BCUT2D eigenvalue weighted by Gasteiger charge is -2.48. The highest BCUT2D eigenvalue weighted by Crippen LogP contribution is 2.46. The van der Waals surface area contributed by atoms with Gasteiger partial charge in [0.1, 0.15) is 18.2 Å². The fourth-order valence-electron chi connectivity index (χ4n) is 6.11. The molecule has 224 valence electrons. The van der Waals surface area contributed by atoms with Gasteiger partial charge in [0, 0.05) is 45.6 Å². The van der Waals surface area contributed by atoms with Crippen molar-refractivity contribution in [2.45, 2.75) is 98.1 Å². The highest BCUT2D eigenvalue weighted by Gasteiger charge is 2.53. The van der Waals surface area contributed by atoms with Gasteiger partial charge in [0.25, 0.3) is 11.8 Å². The van der Waals surface area contributed by atoms with E-state index in [2.05, 4.69) is 0 Å². The molecule has 0 N–H and O–H groups in total. The Balaban J connectivity index is 1.47. The number of fused-ring (bicyclic) bond motifs is 2. The molecule has 0 aromatic rings. The van der Waals surface area contributed by atoms with Crippen molar-refractivity contribution in [1.29, 1.82) is 0 Å². The number of thioether (sulfide) groups is 2. The molecule has 2 unspecified atom stereocenters. The third-order valence-electron chi connectivity index (χ3n) is 8.70. The molecular weight excluding hydrogens is 560 g/mol. The van der Waals surface area contributed by atoms with E-state index in [1.165, 1.54) is 35.7 Å². The molecule has 2 atom stereocenters. The third kappa shape index (κ3) is 7.07. The zero-order valence-electron chi connectivity index (χ0n) is 24.6. The van der Waals surface area contributed by atoms with Crippen LogP contribution in [0.4, 0.5) is 0 Å². The van der Waals surface area contributed by atoms with Crippen molar-refractivity contribution >= 4 is 59.2 Å². The average Bonchev–Trinajstić information content (AvgIpc) is 3.58. The Hall–Kier alpha value is -2.20. The van der Waals surface area contributed by atoms with Crippen molar-refractivity contribution in [2.75, 3.05) is 11.5 Å². The summed E-state index contributed by atoms with van der Waals surface area (Å²) >= 11 is 3.01. The Morgan fingerprint density at radius 3 is 1.85 bits per heavy atom. The van der Waals surface area contributed by atoms with E-state index in [9.17, 15) is 28.8 Å². The first kappa shape index (κ1) is 31.7. The molecule has 8 nitrogen and oxygen atoms in total. The van der Waals surface area contributed by atoms with Gasteiger partial charge in [0.05, 0.1) is 11.8 Å². The number of rotatable bonds is 14. The van der Waals surface area contributed by atoms with Gasteiger partial charge in [-0.3, -0.25) is 33.8 Å². The maximum atomic E-state index is 13.7. The zero-order chi connectivity index (χ0) is 29.9. The second kappa shape index (κ2) is 13.0. The van der Waals surface area contributed by atoms with E-state index < -0.39 is 35.2 Å². The molecule has 4 aliphatic rings. The van der Waals surface area contributed by atoms with E-state index in [-0.39, 0.29) is 29.4 Å². The molecule has 4 heterocycles. The van der Waals surface area contributed by atoms with E-state index in [1.54, 1.807) is 0 Å². The van der Waals surface area contributed by atoms with Crippen molar-refractivity contribution in [1.82, 2.24) is 9.80 Å². The Morgan fingerprint density at radius 2 is 1.34 bits per heavy atom. The normalized spacial score (nSPS) is 23.8. The number of unbranched alkanes of at least 4 members (excludes halogenated alkanes) is 3. The standard InChI is InChI=1S/C31H42N2O6S2/c1-30(2,19-34)13-8-6-5-7-9-20(35)10-14-31(3,4)29(32-25(36)17-23-21(27(32)38)11-15-40-23)33-26(37)18-24-22(28(33)39)12-16-41-24/h17-19,21-22,29H,5-16H2,1-4H3. The minimum atomic E-state index is -1.11. The van der Waals surface area contributed by atoms with Crippen LogP contribution in [-0.4, -0.2) is 63.2 Å². The molecule has 4 aliphatic heterocycles. The Kier molecular flexibility index (Phi) is 10.0. The van der Waals surface area contributed by atoms with Crippen molar-refractivity contribution in [2.24, 2.45) is 22.7 Å². The number of hydrogen-bond donors (Lipinski definition) is 0. The van der Waals surface area contributed by atoms with Crippen molar-refractivity contribution < 1.29 is 28.8 Å². The van der Waals surface area contributed by atoms with Crippen LogP contribution in [0.5, 0.6) is 0 Å². The summed E-state index contributed by atoms with van der Waals surface area (Å²) < 4.78 is 0. The largest absolute Gasteiger partial charge is 0.303 e. The van der Waals surface area contributed by atoms with Crippen LogP contribution in [0.25, 0.3) is 0 Å². The predicted octanol–water partition coefficient (Wildman–Crippen LogP) is 5.27. The van der Waals surface area contributed by atoms with Crippen LogP contribution >= 0.6 is 23.5 Å². The lowest BCUT2D eigenvalue weighted by atomic mass is 9.79. The lowest BCUT2D eigenvalue weighted by molar-refractivity contribution is -0.169. The average molecular weight is 603 g/mol. The van der Waals surface area contributed by atoms with E-state index in [1.807, 2.05) is 27.7 Å². The smallest absolute Gasteiger partial charge is 0.255 e. The van der Waals surface area contributed by atoms with Gasteiger partial charge < -0.3 is 4.79 Å². The first-order chi connectivity index (χ1) is 19.4. The number of amides is 4. The maximum Gasteiger partial charge on any atom is 0.255 e. The van der Waals surface area contributed by atoms with Gasteiger partial charge in [-0.15, -0.1) is 23.5 Å². The molecule has 10 heteroatoms. The Bertz CT molecular complexity index is 1110. The number of carbonyl (C=O) groups is 6. The first-order valence-corrected chi connectivity index (χ1v) is 16.7. The van der Waals surface area contributed by atoms with Gasteiger partial charge in [0.2, 0.25) is 11.8 Å². The summed E-state index contributed by atoms with van der Waals surface area (Å²) in [5.41, 5.74) is -1.21. The van der Waals surface area contributed by atoms with Gasteiger partial charge in [-0.25, -0.2) is 0 Å². The SMILES string of the molecule is CC(C)(C=O)CCCCCCC(=O)CCC(C)(C)C(N1C(=O)C=C2SCCC2C1=O)N1C(=O)C=C2SCCC2C1=O. The number of aldehydes is 1. The number of ketones is 1. The maximum absolute atomic E-state index is 13.7. The summed E-state index contributed by atoms with van der Waals surface area (Å²) in [5.74, 6) is -1.03. The van der Waals surface area contributed by atoms with Crippen LogP contribution in [-0.2, 0) is 28.8 Å². The minimum Gasteiger partial charge on any atom is -0.303 e. The number of imide groups is 2. The molecule has 0 radical (unpaired) electrons. The van der Waals surface area contributed by atoms with E-state index in [0.717, 1.165) is 69.5 Å². The van der Waals surface area contributed by atoms with E-state index in [0.29, 0.717) is 25.7 Å². The summed E-state index contributed by atoms with van der Waals surface area (Å²) in [5, 5.41) is 0. The second-order valence-corrected chi connectivity index (χ2v) is 15.3. The van der Waals surface area contributed by atoms with E-state index in [4.69, 9.17) is 0 Å². The molecule has 2 saturated heterocycles. The van der Waals surface area contributed by atoms with Crippen molar-refractivity contribution in [3.8, 4) is 0 Å². The summed E-state index contributed by atoms with van der Waals surface area (Å²) in [7, 11) is 0. The molecule has 2 fully saturated rings. The molecule has 0 bridgehead atoms. The summed E-state index contributed by atoms with van der Waals surface area (Å²) in [6.07, 6.45) is 9.46. The Labute approximate surface area is 251 Å². The van der Waals surface area contributed by atoms with Crippen LogP contribution in [0.2, 0.25) is 0 Å². The number of Topliss-reactive ketones (excluding diaryl/α,β-unsaturated/α-hetero) is 1. The second-order valence-electron chi connectivity index (χ2n) is 13.0. The summed E-state index contributed by atoms with van der Waals surface area (Å²) in [6, 6.07) is 0. The minimum absolute atomic E-state index is 0.0846. The van der Waals surface area contributed by atoms with Crippen LogP contribution in [0, 0.1) is 22.7 Å². The quantitative estimate of drug-likeness (QED) is 0.150. The Morgan fingerprint density at radius 1 is 0.829 bits per heavy atom. The van der Waals surface area contributed by atoms with Gasteiger partial charge in [0.15, 0.2) is 0 Å². The molecular formula is C31H42N2O6S2. The molecule has 0 aromatic heterocycles. The predicted molar refractivity (Wildman–Crippen MR) is 160 cm³/mol. The number of nitrogens with zero attached hydrogens (tertiary/aromatic N) is 2. The van der Waals surface area contributed by atoms with Crippen LogP contribution in [0.1, 0.15) is 91.9 Å². The lowest BCUT2D eigenvalue weighted by Crippen LogP contribution is -2.65. The highest BCUT2D eigenvalue weighted by molar-refractivity contribution is 8.03. The van der Waals surface area contributed by atoms with Crippen LogP contribution in [0.15, 0.2) is 22.0 Å². The van der Waals surface area contributed by atoms with Crippen LogP contribution in [0.3, 0.4) is 0 Å². The monoisotopic (exact) mass is 602 g/mol. The molecule has 41 heavy (non-hydrogen) atoms. The van der Waals surface area contributed by atoms with E-state index >= 15 is 0 Å². The zero-order valence-corrected chi connectivity index (χ0v) is 26.2. The topological polar surface area (TPSA) is 109 Å². The number of hydrogen-bond acceptors (Lipinski definition) is 8. The first-order valence-electron chi connectivity index (χ1n) is 14.8. The number of carbonyl (C=O) groups excluding carboxylic acids is 6. The van der Waals surface area contributed by atoms with Gasteiger partial charge in [-0.1, -0.05) is 47.0 Å². The van der Waals surface area contributed by atoms with Crippen molar-refractivity contribution in [3.63, 3.8) is 0 Å². The molecule has 0 spiro atoms. The van der Waals surface area contributed by atoms with Gasteiger partial charge in [-0.2, -0.15) is 0 Å². The fraction of sp³-hybridized carbons (Fsp3) is 0.677. The summed E-state index contributed by atoms with van der Waals surface area (Å²) in [6.45, 7) is 7.54. The van der Waals surface area contributed by atoms with Gasteiger partial charge >= 0.3 is 0 Å². The fourth-order valence-corrected chi connectivity index (χ4v) is 8.50. The third-order valence-corrected chi connectivity index (χ3v) is 11.0. The van der Waals surface area contributed by atoms with Crippen molar-refractivity contribution in [3.05, 3.63) is 22.0 Å². The molecule has 0 saturated carbocycles. The highest BCUT2D eigenvalue weighted by atomic mass is 32.2. The molecule has 0 aromatic carbocycles. The molecule has 4 amide bonds. The molecule has 0 aliphatic carbocycles. The summed E-state index contributed by atoms with van der Waals surface area (Å²) in [4.78, 5) is 82.1.